The van der Waals surface area contributed by atoms with Crippen LogP contribution in [0, 0.1) is 6.92 Å². The lowest BCUT2D eigenvalue weighted by Gasteiger charge is -2.31. The number of carbonyl (C=O) groups excluding carboxylic acids is 1. The summed E-state index contributed by atoms with van der Waals surface area (Å²) in [6.45, 7) is 7.82. The van der Waals surface area contributed by atoms with Crippen LogP contribution in [0.3, 0.4) is 0 Å². The van der Waals surface area contributed by atoms with E-state index in [1.54, 1.807) is 6.07 Å². The van der Waals surface area contributed by atoms with E-state index >= 15 is 0 Å². The first kappa shape index (κ1) is 16.6. The molecule has 1 aromatic carbocycles. The van der Waals surface area contributed by atoms with E-state index < -0.39 is 0 Å². The van der Waals surface area contributed by atoms with E-state index in [1.165, 1.54) is 5.56 Å². The SMILES string of the molecule is Cc1cc(C(C)C)ccc1C(=O)N1CCC(c2cc(N)on2)CC1. The van der Waals surface area contributed by atoms with Gasteiger partial charge >= 0.3 is 0 Å². The van der Waals surface area contributed by atoms with E-state index in [1.807, 2.05) is 17.9 Å². The Morgan fingerprint density at radius 3 is 2.54 bits per heavy atom. The maximum absolute atomic E-state index is 12.8. The van der Waals surface area contributed by atoms with Crippen LogP contribution in [0.2, 0.25) is 0 Å². The number of nitrogens with zero attached hydrogens (tertiary/aromatic N) is 2. The molecule has 1 amide bonds. The zero-order chi connectivity index (χ0) is 17.3. The zero-order valence-electron chi connectivity index (χ0n) is 14.6. The predicted molar refractivity (Wildman–Crippen MR) is 94.1 cm³/mol. The van der Waals surface area contributed by atoms with Crippen LogP contribution in [0.15, 0.2) is 28.8 Å². The van der Waals surface area contributed by atoms with Gasteiger partial charge in [0, 0.05) is 30.6 Å². The van der Waals surface area contributed by atoms with Gasteiger partial charge in [0.15, 0.2) is 0 Å². The molecule has 0 aliphatic carbocycles. The molecule has 3 rings (SSSR count). The van der Waals surface area contributed by atoms with Crippen molar-refractivity contribution in [3.05, 3.63) is 46.6 Å². The molecule has 5 nitrogen and oxygen atoms in total. The molecule has 5 heteroatoms. The molecule has 0 unspecified atom stereocenters. The maximum Gasteiger partial charge on any atom is 0.254 e. The number of rotatable bonds is 3. The molecule has 0 saturated carbocycles. The summed E-state index contributed by atoms with van der Waals surface area (Å²) in [5, 5.41) is 4.00. The first-order valence-electron chi connectivity index (χ1n) is 8.57. The third-order valence-electron chi connectivity index (χ3n) is 4.89. The Kier molecular flexibility index (Phi) is 4.60. The highest BCUT2D eigenvalue weighted by molar-refractivity contribution is 5.95. The van der Waals surface area contributed by atoms with Gasteiger partial charge < -0.3 is 15.2 Å². The van der Waals surface area contributed by atoms with Crippen molar-refractivity contribution in [3.8, 4) is 0 Å². The molecule has 2 heterocycles. The van der Waals surface area contributed by atoms with Crippen LogP contribution < -0.4 is 5.73 Å². The number of nitrogen functional groups attached to an aromatic ring is 1. The third kappa shape index (κ3) is 3.30. The molecule has 2 aromatic rings. The number of piperidine rings is 1. The molecule has 0 radical (unpaired) electrons. The fraction of sp³-hybridized carbons (Fsp3) is 0.474. The van der Waals surface area contributed by atoms with E-state index in [-0.39, 0.29) is 5.91 Å². The van der Waals surface area contributed by atoms with Crippen molar-refractivity contribution < 1.29 is 9.32 Å². The smallest absolute Gasteiger partial charge is 0.254 e. The van der Waals surface area contributed by atoms with Crippen molar-refractivity contribution in [2.45, 2.75) is 45.4 Å². The van der Waals surface area contributed by atoms with E-state index in [4.69, 9.17) is 10.3 Å². The maximum atomic E-state index is 12.8. The minimum Gasteiger partial charge on any atom is -0.368 e. The quantitative estimate of drug-likeness (QED) is 0.933. The lowest BCUT2D eigenvalue weighted by atomic mass is 9.92. The second-order valence-corrected chi connectivity index (χ2v) is 6.95. The Bertz CT molecular complexity index is 728. The van der Waals surface area contributed by atoms with E-state index in [0.29, 0.717) is 17.7 Å². The molecule has 1 aromatic heterocycles. The third-order valence-corrected chi connectivity index (χ3v) is 4.89. The monoisotopic (exact) mass is 327 g/mol. The standard InChI is InChI=1S/C19H25N3O2/c1-12(2)15-4-5-16(13(3)10-15)19(23)22-8-6-14(7-9-22)17-11-18(20)24-21-17/h4-5,10-12,14H,6-9,20H2,1-3H3. The van der Waals surface area contributed by atoms with Crippen molar-refractivity contribution in [1.29, 1.82) is 0 Å². The number of nitrogens with two attached hydrogens (primary N) is 1. The Balaban J connectivity index is 1.67. The molecule has 24 heavy (non-hydrogen) atoms. The molecule has 0 spiro atoms. The van der Waals surface area contributed by atoms with Gasteiger partial charge in [0.25, 0.3) is 5.91 Å². The molecule has 0 bridgehead atoms. The summed E-state index contributed by atoms with van der Waals surface area (Å²) in [7, 11) is 0. The summed E-state index contributed by atoms with van der Waals surface area (Å²) in [6, 6.07) is 7.95. The topological polar surface area (TPSA) is 72.4 Å². The number of hydrogen-bond acceptors (Lipinski definition) is 4. The molecule has 1 aliphatic heterocycles. The van der Waals surface area contributed by atoms with Gasteiger partial charge in [-0.1, -0.05) is 31.1 Å². The number of aromatic nitrogens is 1. The average molecular weight is 327 g/mol. The largest absolute Gasteiger partial charge is 0.368 e. The van der Waals surface area contributed by atoms with Crippen LogP contribution in [0.4, 0.5) is 5.88 Å². The van der Waals surface area contributed by atoms with Crippen molar-refractivity contribution in [3.63, 3.8) is 0 Å². The number of amides is 1. The van der Waals surface area contributed by atoms with Gasteiger partial charge in [-0.2, -0.15) is 0 Å². The molecule has 1 saturated heterocycles. The van der Waals surface area contributed by atoms with Crippen LogP contribution in [-0.2, 0) is 0 Å². The fourth-order valence-corrected chi connectivity index (χ4v) is 3.33. The molecule has 128 valence electrons. The molecular formula is C19H25N3O2. The second kappa shape index (κ2) is 6.67. The summed E-state index contributed by atoms with van der Waals surface area (Å²) < 4.78 is 4.95. The number of carbonyl (C=O) groups is 1. The van der Waals surface area contributed by atoms with Gasteiger partial charge in [-0.15, -0.1) is 0 Å². The Labute approximate surface area is 142 Å². The summed E-state index contributed by atoms with van der Waals surface area (Å²) in [4.78, 5) is 14.8. The lowest BCUT2D eigenvalue weighted by molar-refractivity contribution is 0.0710. The van der Waals surface area contributed by atoms with E-state index in [0.717, 1.165) is 42.8 Å². The van der Waals surface area contributed by atoms with Crippen molar-refractivity contribution >= 4 is 11.8 Å². The number of likely N-dealkylation sites (tertiary alicyclic amines) is 1. The Hall–Kier alpha value is -2.30. The van der Waals surface area contributed by atoms with Crippen molar-refractivity contribution in [2.75, 3.05) is 18.8 Å². The lowest BCUT2D eigenvalue weighted by Crippen LogP contribution is -2.38. The number of benzene rings is 1. The van der Waals surface area contributed by atoms with E-state index in [2.05, 4.69) is 31.1 Å². The Morgan fingerprint density at radius 2 is 2.00 bits per heavy atom. The van der Waals surface area contributed by atoms with Crippen LogP contribution in [0.25, 0.3) is 0 Å². The molecule has 1 aliphatic rings. The van der Waals surface area contributed by atoms with E-state index in [9.17, 15) is 4.79 Å². The zero-order valence-corrected chi connectivity index (χ0v) is 14.6. The van der Waals surface area contributed by atoms with Gasteiger partial charge in [-0.25, -0.2) is 0 Å². The van der Waals surface area contributed by atoms with Gasteiger partial charge in [0.05, 0.1) is 5.69 Å². The highest BCUT2D eigenvalue weighted by Gasteiger charge is 2.27. The first-order chi connectivity index (χ1) is 11.5. The van der Waals surface area contributed by atoms with Crippen LogP contribution >= 0.6 is 0 Å². The average Bonchev–Trinajstić information content (AvgIpc) is 3.00. The van der Waals surface area contributed by atoms with Crippen LogP contribution in [0.5, 0.6) is 0 Å². The predicted octanol–water partition coefficient (Wildman–Crippen LogP) is 3.71. The van der Waals surface area contributed by atoms with Gasteiger partial charge in [-0.3, -0.25) is 4.79 Å². The second-order valence-electron chi connectivity index (χ2n) is 6.95. The summed E-state index contributed by atoms with van der Waals surface area (Å²) in [6.07, 6.45) is 1.78. The minimum atomic E-state index is 0.126. The molecule has 1 fully saturated rings. The summed E-state index contributed by atoms with van der Waals surface area (Å²) >= 11 is 0. The Morgan fingerprint density at radius 1 is 1.29 bits per heavy atom. The van der Waals surface area contributed by atoms with Gasteiger partial charge in [0.2, 0.25) is 5.88 Å². The normalized spacial score (nSPS) is 15.9. The fourth-order valence-electron chi connectivity index (χ4n) is 3.33. The van der Waals surface area contributed by atoms with Gasteiger partial charge in [0.1, 0.15) is 0 Å². The van der Waals surface area contributed by atoms with Crippen molar-refractivity contribution in [2.24, 2.45) is 0 Å². The molecule has 2 N–H and O–H groups in total. The minimum absolute atomic E-state index is 0.126. The highest BCUT2D eigenvalue weighted by atomic mass is 16.5. The number of aryl methyl sites for hydroxylation is 1. The summed E-state index contributed by atoms with van der Waals surface area (Å²) in [5.41, 5.74) is 9.63. The van der Waals surface area contributed by atoms with Crippen molar-refractivity contribution in [1.82, 2.24) is 10.1 Å². The summed E-state index contributed by atoms with van der Waals surface area (Å²) in [5.74, 6) is 1.27. The number of hydrogen-bond donors (Lipinski definition) is 1. The van der Waals surface area contributed by atoms with Crippen LogP contribution in [0.1, 0.15) is 65.7 Å². The van der Waals surface area contributed by atoms with Gasteiger partial charge in [-0.05, 0) is 42.9 Å². The number of anilines is 1. The first-order valence-corrected chi connectivity index (χ1v) is 8.57. The highest BCUT2D eigenvalue weighted by Crippen LogP contribution is 2.29. The molecular weight excluding hydrogens is 302 g/mol. The molecule has 0 atom stereocenters. The van der Waals surface area contributed by atoms with Crippen LogP contribution in [-0.4, -0.2) is 29.1 Å².